The molecule has 0 radical (unpaired) electrons. The summed E-state index contributed by atoms with van der Waals surface area (Å²) in [4.78, 5) is 36.8. The first kappa shape index (κ1) is 52.2. The van der Waals surface area contributed by atoms with Crippen LogP contribution >= 0.6 is 0 Å². The Morgan fingerprint density at radius 1 is 0.554 bits per heavy atom. The number of likely N-dealkylation sites (N-methyl/N-ethyl adjacent to an activating group) is 1. The van der Waals surface area contributed by atoms with Gasteiger partial charge >= 0.3 is 17.9 Å². The number of carboxylic acid groups (broad SMARTS) is 1. The van der Waals surface area contributed by atoms with Gasteiger partial charge in [-0.3, -0.25) is 9.59 Å². The molecule has 1 N–H and O–H groups in total. The van der Waals surface area contributed by atoms with Gasteiger partial charge in [0.05, 0.1) is 40.8 Å². The molecule has 0 bridgehead atoms. The van der Waals surface area contributed by atoms with Gasteiger partial charge in [-0.05, 0) is 70.6 Å². The molecule has 8 nitrogen and oxygen atoms in total. The number of nitrogens with zero attached hydrogens (tertiary/aromatic N) is 1. The standard InChI is InChI=1S/C48H77NO7/c1-6-8-10-12-14-16-17-18-19-20-21-22-23-24-25-26-27-28-29-31-32-34-36-38-46(50)55-43-44(42-54-41-40-45(48(52)53)49(3,4)5)56-47(51)39-37-35-33-30-15-13-11-9-7-2/h8-11,14-16,18-19,21-22,24-25,30,35,37,44-45H,6-7,12-13,17,20,23,26-29,31-34,36,38-43H2,1-5H3/p+1/b10-8+,11-9+,16-14+,19-18+,22-21+,25-24+,30-15+,37-35+. The lowest BCUT2D eigenvalue weighted by Gasteiger charge is -2.31. The number of unbranched alkanes of at least 4 members (excludes halogenated alkanes) is 7. The first-order valence-corrected chi connectivity index (χ1v) is 21.3. The molecule has 2 atom stereocenters. The molecule has 56 heavy (non-hydrogen) atoms. The molecule has 0 aromatic carbocycles. The second kappa shape index (κ2) is 38.1. The maximum absolute atomic E-state index is 12.6. The molecular formula is C48H78NO7+. The zero-order chi connectivity index (χ0) is 41.4. The van der Waals surface area contributed by atoms with Crippen LogP contribution in [0.15, 0.2) is 97.2 Å². The summed E-state index contributed by atoms with van der Waals surface area (Å²) < 4.78 is 17.1. The fourth-order valence-corrected chi connectivity index (χ4v) is 5.53. The summed E-state index contributed by atoms with van der Waals surface area (Å²) in [6.45, 7) is 4.35. The van der Waals surface area contributed by atoms with Gasteiger partial charge in [0.25, 0.3) is 0 Å². The van der Waals surface area contributed by atoms with Crippen molar-refractivity contribution in [1.82, 2.24) is 0 Å². The van der Waals surface area contributed by atoms with E-state index in [1.807, 2.05) is 33.3 Å². The summed E-state index contributed by atoms with van der Waals surface area (Å²) in [5.41, 5.74) is 0. The smallest absolute Gasteiger partial charge is 0.362 e. The number of carbonyl (C=O) groups excluding carboxylic acids is 2. The molecule has 0 saturated heterocycles. The van der Waals surface area contributed by atoms with Crippen molar-refractivity contribution in [3.05, 3.63) is 97.2 Å². The number of hydrogen-bond acceptors (Lipinski definition) is 6. The molecule has 316 valence electrons. The monoisotopic (exact) mass is 781 g/mol. The lowest BCUT2D eigenvalue weighted by Crippen LogP contribution is -2.50. The average molecular weight is 781 g/mol. The number of ether oxygens (including phenoxy) is 3. The Labute approximate surface area is 341 Å². The van der Waals surface area contributed by atoms with Crippen LogP contribution in [0.5, 0.6) is 0 Å². The van der Waals surface area contributed by atoms with Gasteiger partial charge in [-0.15, -0.1) is 0 Å². The first-order valence-electron chi connectivity index (χ1n) is 21.3. The van der Waals surface area contributed by atoms with E-state index in [2.05, 4.69) is 92.8 Å². The summed E-state index contributed by atoms with van der Waals surface area (Å²) >= 11 is 0. The van der Waals surface area contributed by atoms with Crippen LogP contribution in [0.2, 0.25) is 0 Å². The van der Waals surface area contributed by atoms with Crippen molar-refractivity contribution in [2.24, 2.45) is 0 Å². The largest absolute Gasteiger partial charge is 0.477 e. The Hall–Kier alpha value is -3.75. The second-order valence-electron chi connectivity index (χ2n) is 14.8. The summed E-state index contributed by atoms with van der Waals surface area (Å²) in [7, 11) is 5.47. The van der Waals surface area contributed by atoms with Crippen LogP contribution in [0.1, 0.15) is 136 Å². The van der Waals surface area contributed by atoms with Gasteiger partial charge in [0.1, 0.15) is 6.61 Å². The Morgan fingerprint density at radius 3 is 1.48 bits per heavy atom. The molecule has 2 unspecified atom stereocenters. The van der Waals surface area contributed by atoms with E-state index in [4.69, 9.17) is 14.2 Å². The third-order valence-corrected chi connectivity index (χ3v) is 8.76. The van der Waals surface area contributed by atoms with Crippen LogP contribution in [-0.2, 0) is 28.6 Å². The van der Waals surface area contributed by atoms with Crippen LogP contribution in [0.3, 0.4) is 0 Å². The van der Waals surface area contributed by atoms with Crippen molar-refractivity contribution in [1.29, 1.82) is 0 Å². The highest BCUT2D eigenvalue weighted by Gasteiger charge is 2.31. The van der Waals surface area contributed by atoms with Crippen LogP contribution in [-0.4, -0.2) is 80.6 Å². The van der Waals surface area contributed by atoms with E-state index in [0.717, 1.165) is 83.5 Å². The van der Waals surface area contributed by atoms with Crippen LogP contribution in [0.4, 0.5) is 0 Å². The van der Waals surface area contributed by atoms with Crippen molar-refractivity contribution >= 4 is 17.9 Å². The fourth-order valence-electron chi connectivity index (χ4n) is 5.53. The number of quaternary nitrogens is 1. The average Bonchev–Trinajstić information content (AvgIpc) is 3.15. The molecule has 8 heteroatoms. The number of rotatable bonds is 36. The summed E-state index contributed by atoms with van der Waals surface area (Å²) in [5, 5.41) is 9.59. The van der Waals surface area contributed by atoms with Crippen molar-refractivity contribution in [3.8, 4) is 0 Å². The molecule has 0 aliphatic heterocycles. The second-order valence-corrected chi connectivity index (χ2v) is 14.8. The SMILES string of the molecule is CC/C=C/C/C=C/C/C=C/C/C=C/C/C=C/CCCCCCCCCC(=O)OCC(COCCC(C(=O)O)[N+](C)(C)C)OC(=O)C/C=C/C/C=C/C/C=C/CC. The number of carboxylic acids is 1. The van der Waals surface area contributed by atoms with Crippen molar-refractivity contribution in [3.63, 3.8) is 0 Å². The number of hydrogen-bond donors (Lipinski definition) is 1. The first-order chi connectivity index (χ1) is 27.1. The highest BCUT2D eigenvalue weighted by Crippen LogP contribution is 2.12. The Kier molecular flexibility index (Phi) is 35.6. The zero-order valence-electron chi connectivity index (χ0n) is 35.8. The van der Waals surface area contributed by atoms with E-state index in [0.29, 0.717) is 12.8 Å². The lowest BCUT2D eigenvalue weighted by atomic mass is 10.1. The quantitative estimate of drug-likeness (QED) is 0.0292. The van der Waals surface area contributed by atoms with Gasteiger partial charge < -0.3 is 23.8 Å². The predicted octanol–water partition coefficient (Wildman–Crippen LogP) is 11.5. The molecule has 0 aromatic heterocycles. The zero-order valence-corrected chi connectivity index (χ0v) is 35.8. The van der Waals surface area contributed by atoms with Gasteiger partial charge in [0.15, 0.2) is 12.1 Å². The van der Waals surface area contributed by atoms with Gasteiger partial charge in [0, 0.05) is 12.8 Å². The van der Waals surface area contributed by atoms with E-state index in [-0.39, 0.29) is 36.7 Å². The summed E-state index contributed by atoms with van der Waals surface area (Å²) in [6.07, 6.45) is 50.7. The molecule has 0 aliphatic carbocycles. The van der Waals surface area contributed by atoms with Crippen LogP contribution < -0.4 is 0 Å². The van der Waals surface area contributed by atoms with E-state index in [9.17, 15) is 19.5 Å². The summed E-state index contributed by atoms with van der Waals surface area (Å²) in [6, 6.07) is -0.634. The maximum Gasteiger partial charge on any atom is 0.362 e. The minimum Gasteiger partial charge on any atom is -0.477 e. The minimum absolute atomic E-state index is 0.0152. The van der Waals surface area contributed by atoms with Gasteiger partial charge in [-0.2, -0.15) is 0 Å². The number of aliphatic carboxylic acids is 1. The van der Waals surface area contributed by atoms with E-state index in [1.54, 1.807) is 6.08 Å². The van der Waals surface area contributed by atoms with Crippen LogP contribution in [0, 0.1) is 0 Å². The third-order valence-electron chi connectivity index (χ3n) is 8.76. The van der Waals surface area contributed by atoms with Gasteiger partial charge in [-0.1, -0.05) is 143 Å². The highest BCUT2D eigenvalue weighted by molar-refractivity contribution is 5.72. The third kappa shape index (κ3) is 35.9. The number of esters is 2. The molecule has 0 rings (SSSR count). The van der Waals surface area contributed by atoms with E-state index >= 15 is 0 Å². The van der Waals surface area contributed by atoms with Crippen molar-refractivity contribution in [2.75, 3.05) is 41.0 Å². The Bertz CT molecular complexity index is 1230. The minimum atomic E-state index is -0.894. The Balaban J connectivity index is 4.31. The predicted molar refractivity (Wildman–Crippen MR) is 233 cm³/mol. The van der Waals surface area contributed by atoms with E-state index in [1.165, 1.54) is 19.3 Å². The normalized spacial score (nSPS) is 13.9. The van der Waals surface area contributed by atoms with Gasteiger partial charge in [-0.25, -0.2) is 4.79 Å². The topological polar surface area (TPSA) is 99.1 Å². The Morgan fingerprint density at radius 2 is 1.00 bits per heavy atom. The lowest BCUT2D eigenvalue weighted by molar-refractivity contribution is -0.887. The molecule has 0 saturated carbocycles. The molecule has 0 heterocycles. The number of carbonyl (C=O) groups is 3. The fraction of sp³-hybridized carbons (Fsp3) is 0.604. The van der Waals surface area contributed by atoms with Crippen LogP contribution in [0.25, 0.3) is 0 Å². The molecular weight excluding hydrogens is 703 g/mol. The number of allylic oxidation sites excluding steroid dienone is 15. The van der Waals surface area contributed by atoms with Crippen molar-refractivity contribution in [2.45, 2.75) is 148 Å². The van der Waals surface area contributed by atoms with Crippen molar-refractivity contribution < 1.29 is 38.2 Å². The molecule has 0 amide bonds. The molecule has 0 aliphatic rings. The highest BCUT2D eigenvalue weighted by atomic mass is 16.6. The molecule has 0 aromatic rings. The summed E-state index contributed by atoms with van der Waals surface area (Å²) in [5.74, 6) is -1.65. The van der Waals surface area contributed by atoms with E-state index < -0.39 is 24.1 Å². The molecule has 0 spiro atoms. The van der Waals surface area contributed by atoms with Gasteiger partial charge in [0.2, 0.25) is 0 Å². The maximum atomic E-state index is 12.6. The molecule has 0 fully saturated rings.